The van der Waals surface area contributed by atoms with Crippen molar-refractivity contribution >= 4 is 5.91 Å². The first-order chi connectivity index (χ1) is 8.97. The van der Waals surface area contributed by atoms with E-state index in [-0.39, 0.29) is 5.91 Å². The van der Waals surface area contributed by atoms with E-state index >= 15 is 0 Å². The molecule has 0 spiro atoms. The average Bonchev–Trinajstić information content (AvgIpc) is 3.15. The topological polar surface area (TPSA) is 38.3 Å². The second kappa shape index (κ2) is 5.64. The van der Waals surface area contributed by atoms with Gasteiger partial charge in [-0.05, 0) is 49.8 Å². The van der Waals surface area contributed by atoms with Gasteiger partial charge in [-0.25, -0.2) is 0 Å². The summed E-state index contributed by atoms with van der Waals surface area (Å²) >= 11 is 0. The summed E-state index contributed by atoms with van der Waals surface area (Å²) in [6.45, 7) is 8.11. The smallest absolute Gasteiger partial charge is 0.260 e. The second-order valence-electron chi connectivity index (χ2n) is 5.72. The van der Waals surface area contributed by atoms with Gasteiger partial charge in [0.05, 0.1) is 0 Å². The molecule has 2 rings (SSSR count). The van der Waals surface area contributed by atoms with Gasteiger partial charge in [0.1, 0.15) is 5.75 Å². The maximum absolute atomic E-state index is 11.9. The zero-order valence-corrected chi connectivity index (χ0v) is 12.2. The molecular weight excluding hydrogens is 238 g/mol. The minimum atomic E-state index is -0.443. The Bertz CT molecular complexity index is 464. The number of rotatable bonds is 5. The van der Waals surface area contributed by atoms with E-state index < -0.39 is 6.10 Å². The first kappa shape index (κ1) is 13.9. The zero-order valence-electron chi connectivity index (χ0n) is 12.2. The highest BCUT2D eigenvalue weighted by Gasteiger charge is 2.26. The summed E-state index contributed by atoms with van der Waals surface area (Å²) in [5, 5.41) is 2.97. The normalized spacial score (nSPS) is 16.3. The van der Waals surface area contributed by atoms with E-state index in [2.05, 4.69) is 31.3 Å². The van der Waals surface area contributed by atoms with Gasteiger partial charge in [0.2, 0.25) is 0 Å². The number of aryl methyl sites for hydroxylation is 1. The molecular formula is C16H23NO2. The first-order valence-electron chi connectivity index (χ1n) is 7.05. The van der Waals surface area contributed by atoms with Crippen LogP contribution in [0.25, 0.3) is 0 Å². The number of carbonyl (C=O) groups excluding carboxylic acids is 1. The zero-order chi connectivity index (χ0) is 14.0. The number of ether oxygens (including phenoxy) is 1. The Labute approximate surface area is 115 Å². The van der Waals surface area contributed by atoms with Crippen LogP contribution in [0.4, 0.5) is 0 Å². The van der Waals surface area contributed by atoms with Crippen molar-refractivity contribution in [2.75, 3.05) is 0 Å². The predicted molar refractivity (Wildman–Crippen MR) is 76.5 cm³/mol. The molecule has 1 atom stereocenters. The summed E-state index contributed by atoms with van der Waals surface area (Å²) < 4.78 is 5.81. The van der Waals surface area contributed by atoms with E-state index in [4.69, 9.17) is 4.74 Å². The number of carbonyl (C=O) groups is 1. The van der Waals surface area contributed by atoms with Crippen LogP contribution in [0.3, 0.4) is 0 Å². The van der Waals surface area contributed by atoms with Crippen LogP contribution in [0.1, 0.15) is 50.7 Å². The molecule has 1 aromatic carbocycles. The van der Waals surface area contributed by atoms with Crippen LogP contribution in [0, 0.1) is 6.92 Å². The van der Waals surface area contributed by atoms with Gasteiger partial charge >= 0.3 is 0 Å². The standard InChI is InChI=1S/C16H23NO2/c1-10(2)13-6-5-11(3)15(9-13)19-12(4)16(18)17-14-7-8-14/h5-6,9-10,12,14H,7-8H2,1-4H3,(H,17,18). The first-order valence-corrected chi connectivity index (χ1v) is 7.05. The fraction of sp³-hybridized carbons (Fsp3) is 0.562. The van der Waals surface area contributed by atoms with Gasteiger partial charge in [-0.3, -0.25) is 4.79 Å². The van der Waals surface area contributed by atoms with E-state index in [9.17, 15) is 4.79 Å². The highest BCUT2D eigenvalue weighted by Crippen LogP contribution is 2.25. The van der Waals surface area contributed by atoms with E-state index in [0.29, 0.717) is 12.0 Å². The summed E-state index contributed by atoms with van der Waals surface area (Å²) in [6.07, 6.45) is 1.75. The van der Waals surface area contributed by atoms with E-state index in [1.54, 1.807) is 6.92 Å². The lowest BCUT2D eigenvalue weighted by Gasteiger charge is -2.17. The number of benzene rings is 1. The third-order valence-electron chi connectivity index (χ3n) is 3.48. The van der Waals surface area contributed by atoms with Gasteiger partial charge < -0.3 is 10.1 Å². The fourth-order valence-electron chi connectivity index (χ4n) is 1.89. The Balaban J connectivity index is 2.04. The Morgan fingerprint density at radius 2 is 2.00 bits per heavy atom. The van der Waals surface area contributed by atoms with Gasteiger partial charge in [0.15, 0.2) is 6.10 Å². The van der Waals surface area contributed by atoms with Gasteiger partial charge in [-0.2, -0.15) is 0 Å². The van der Waals surface area contributed by atoms with E-state index in [0.717, 1.165) is 24.2 Å². The maximum atomic E-state index is 11.9. The molecule has 0 aliphatic heterocycles. The number of amides is 1. The molecule has 0 aromatic heterocycles. The van der Waals surface area contributed by atoms with Crippen molar-refractivity contribution in [3.8, 4) is 5.75 Å². The molecule has 1 aliphatic carbocycles. The summed E-state index contributed by atoms with van der Waals surface area (Å²) in [5.41, 5.74) is 2.30. The summed E-state index contributed by atoms with van der Waals surface area (Å²) in [5.74, 6) is 1.25. The molecule has 1 saturated carbocycles. The lowest BCUT2D eigenvalue weighted by Crippen LogP contribution is -2.37. The number of hydrogen-bond acceptors (Lipinski definition) is 2. The Hall–Kier alpha value is -1.51. The van der Waals surface area contributed by atoms with Crippen LogP contribution < -0.4 is 10.1 Å². The molecule has 0 bridgehead atoms. The maximum Gasteiger partial charge on any atom is 0.260 e. The summed E-state index contributed by atoms with van der Waals surface area (Å²) in [4.78, 5) is 11.9. The molecule has 3 heteroatoms. The molecule has 1 fully saturated rings. The van der Waals surface area contributed by atoms with Crippen molar-refractivity contribution in [2.45, 2.75) is 58.6 Å². The van der Waals surface area contributed by atoms with Crippen molar-refractivity contribution in [3.63, 3.8) is 0 Å². The quantitative estimate of drug-likeness (QED) is 0.884. The Kier molecular flexibility index (Phi) is 4.13. The third-order valence-corrected chi connectivity index (χ3v) is 3.48. The SMILES string of the molecule is Cc1ccc(C(C)C)cc1OC(C)C(=O)NC1CC1. The lowest BCUT2D eigenvalue weighted by atomic mass is 10.0. The summed E-state index contributed by atoms with van der Waals surface area (Å²) in [6, 6.07) is 6.58. The minimum absolute atomic E-state index is 0.0168. The van der Waals surface area contributed by atoms with Crippen LogP contribution in [0.15, 0.2) is 18.2 Å². The van der Waals surface area contributed by atoms with Crippen molar-refractivity contribution in [1.82, 2.24) is 5.32 Å². The predicted octanol–water partition coefficient (Wildman–Crippen LogP) is 3.16. The van der Waals surface area contributed by atoms with Crippen LogP contribution in [0.5, 0.6) is 5.75 Å². The van der Waals surface area contributed by atoms with Crippen LogP contribution >= 0.6 is 0 Å². The molecule has 1 aliphatic rings. The number of hydrogen-bond donors (Lipinski definition) is 1. The summed E-state index contributed by atoms with van der Waals surface area (Å²) in [7, 11) is 0. The molecule has 1 aromatic rings. The molecule has 0 saturated heterocycles. The van der Waals surface area contributed by atoms with Gasteiger partial charge in [-0.15, -0.1) is 0 Å². The van der Waals surface area contributed by atoms with E-state index in [1.807, 2.05) is 13.0 Å². The second-order valence-corrected chi connectivity index (χ2v) is 5.72. The minimum Gasteiger partial charge on any atom is -0.481 e. The van der Waals surface area contributed by atoms with Gasteiger partial charge in [-0.1, -0.05) is 26.0 Å². The molecule has 0 radical (unpaired) electrons. The van der Waals surface area contributed by atoms with Crippen molar-refractivity contribution < 1.29 is 9.53 Å². The molecule has 3 nitrogen and oxygen atoms in total. The average molecular weight is 261 g/mol. The van der Waals surface area contributed by atoms with Crippen molar-refractivity contribution in [2.24, 2.45) is 0 Å². The largest absolute Gasteiger partial charge is 0.481 e. The van der Waals surface area contributed by atoms with Crippen molar-refractivity contribution in [3.05, 3.63) is 29.3 Å². The van der Waals surface area contributed by atoms with Gasteiger partial charge in [0, 0.05) is 6.04 Å². The van der Waals surface area contributed by atoms with Crippen LogP contribution in [0.2, 0.25) is 0 Å². The lowest BCUT2D eigenvalue weighted by molar-refractivity contribution is -0.127. The monoisotopic (exact) mass is 261 g/mol. The van der Waals surface area contributed by atoms with Crippen LogP contribution in [-0.2, 0) is 4.79 Å². The third kappa shape index (κ3) is 3.72. The van der Waals surface area contributed by atoms with Crippen LogP contribution in [-0.4, -0.2) is 18.1 Å². The Morgan fingerprint density at radius 3 is 2.58 bits per heavy atom. The van der Waals surface area contributed by atoms with Crippen molar-refractivity contribution in [1.29, 1.82) is 0 Å². The molecule has 19 heavy (non-hydrogen) atoms. The Morgan fingerprint density at radius 1 is 1.32 bits per heavy atom. The fourth-order valence-corrected chi connectivity index (χ4v) is 1.89. The highest BCUT2D eigenvalue weighted by molar-refractivity contribution is 5.81. The van der Waals surface area contributed by atoms with Gasteiger partial charge in [0.25, 0.3) is 5.91 Å². The van der Waals surface area contributed by atoms with E-state index in [1.165, 1.54) is 5.56 Å². The number of nitrogens with one attached hydrogen (secondary N) is 1. The molecule has 0 heterocycles. The highest BCUT2D eigenvalue weighted by atomic mass is 16.5. The molecule has 1 unspecified atom stereocenters. The molecule has 1 amide bonds. The molecule has 1 N–H and O–H groups in total. The molecule has 104 valence electrons.